The molecule has 0 N–H and O–H groups in total. The second-order valence-corrected chi connectivity index (χ2v) is 4.96. The van der Waals surface area contributed by atoms with Crippen LogP contribution >= 0.6 is 11.6 Å². The Balaban J connectivity index is 2.08. The summed E-state index contributed by atoms with van der Waals surface area (Å²) in [6.45, 7) is 1.81. The van der Waals surface area contributed by atoms with Crippen LogP contribution in [-0.4, -0.2) is 5.78 Å². The number of benzene rings is 2. The largest absolute Gasteiger partial charge is 0.299 e. The van der Waals surface area contributed by atoms with E-state index >= 15 is 0 Å². The van der Waals surface area contributed by atoms with E-state index in [1.165, 1.54) is 12.1 Å². The Labute approximate surface area is 117 Å². The molecule has 0 aliphatic heterocycles. The van der Waals surface area contributed by atoms with Gasteiger partial charge in [0.25, 0.3) is 0 Å². The SMILES string of the molecule is Cc1cc(F)ccc1CC(=O)Cc1ccccc1Cl. The van der Waals surface area contributed by atoms with Gasteiger partial charge in [-0.05, 0) is 41.8 Å². The van der Waals surface area contributed by atoms with Crippen LogP contribution in [-0.2, 0) is 17.6 Å². The van der Waals surface area contributed by atoms with Gasteiger partial charge >= 0.3 is 0 Å². The summed E-state index contributed by atoms with van der Waals surface area (Å²) in [5.74, 6) is -0.206. The number of rotatable bonds is 4. The highest BCUT2D eigenvalue weighted by molar-refractivity contribution is 6.31. The fourth-order valence-electron chi connectivity index (χ4n) is 1.99. The van der Waals surface area contributed by atoms with Crippen LogP contribution in [0.4, 0.5) is 4.39 Å². The third kappa shape index (κ3) is 3.65. The summed E-state index contributed by atoms with van der Waals surface area (Å²) >= 11 is 6.02. The first-order chi connectivity index (χ1) is 9.06. The molecule has 0 bridgehead atoms. The average molecular weight is 277 g/mol. The second kappa shape index (κ2) is 5.98. The normalized spacial score (nSPS) is 10.5. The van der Waals surface area contributed by atoms with Gasteiger partial charge in [-0.1, -0.05) is 35.9 Å². The van der Waals surface area contributed by atoms with Crippen LogP contribution in [0.2, 0.25) is 5.02 Å². The van der Waals surface area contributed by atoms with E-state index in [-0.39, 0.29) is 11.6 Å². The molecular formula is C16H14ClFO. The third-order valence-corrected chi connectivity index (χ3v) is 3.41. The van der Waals surface area contributed by atoms with E-state index in [9.17, 15) is 9.18 Å². The maximum absolute atomic E-state index is 13.0. The minimum atomic E-state index is -0.278. The minimum Gasteiger partial charge on any atom is -0.299 e. The average Bonchev–Trinajstić information content (AvgIpc) is 2.36. The van der Waals surface area contributed by atoms with Gasteiger partial charge in [0.05, 0.1) is 0 Å². The molecule has 3 heteroatoms. The molecule has 0 amide bonds. The molecule has 1 nitrogen and oxygen atoms in total. The van der Waals surface area contributed by atoms with Gasteiger partial charge in [0.15, 0.2) is 0 Å². The van der Waals surface area contributed by atoms with Gasteiger partial charge in [-0.3, -0.25) is 4.79 Å². The van der Waals surface area contributed by atoms with Gasteiger partial charge in [0, 0.05) is 17.9 Å². The van der Waals surface area contributed by atoms with Crippen molar-refractivity contribution in [3.63, 3.8) is 0 Å². The Morgan fingerprint density at radius 1 is 1.11 bits per heavy atom. The summed E-state index contributed by atoms with van der Waals surface area (Å²) in [6.07, 6.45) is 0.605. The van der Waals surface area contributed by atoms with Gasteiger partial charge in [-0.15, -0.1) is 0 Å². The van der Waals surface area contributed by atoms with Crippen molar-refractivity contribution in [3.05, 3.63) is 70.0 Å². The van der Waals surface area contributed by atoms with Crippen molar-refractivity contribution in [1.82, 2.24) is 0 Å². The molecule has 2 aromatic carbocycles. The van der Waals surface area contributed by atoms with Crippen molar-refractivity contribution in [2.45, 2.75) is 19.8 Å². The predicted octanol–water partition coefficient (Wildman–Crippen LogP) is 4.14. The first-order valence-corrected chi connectivity index (χ1v) is 6.44. The monoisotopic (exact) mass is 276 g/mol. The molecule has 0 spiro atoms. The first kappa shape index (κ1) is 13.8. The molecule has 2 rings (SSSR count). The number of aryl methyl sites for hydroxylation is 1. The molecule has 0 heterocycles. The summed E-state index contributed by atoms with van der Waals surface area (Å²) in [7, 11) is 0. The highest BCUT2D eigenvalue weighted by Gasteiger charge is 2.09. The molecule has 98 valence electrons. The molecule has 2 aromatic rings. The zero-order chi connectivity index (χ0) is 13.8. The molecule has 0 saturated carbocycles. The van der Waals surface area contributed by atoms with Crippen LogP contribution in [0.5, 0.6) is 0 Å². The van der Waals surface area contributed by atoms with Crippen molar-refractivity contribution in [1.29, 1.82) is 0 Å². The Morgan fingerprint density at radius 3 is 2.47 bits per heavy atom. The first-order valence-electron chi connectivity index (χ1n) is 6.06. The maximum atomic E-state index is 13.0. The zero-order valence-electron chi connectivity index (χ0n) is 10.6. The quantitative estimate of drug-likeness (QED) is 0.820. The van der Waals surface area contributed by atoms with Crippen LogP contribution in [0.1, 0.15) is 16.7 Å². The number of carbonyl (C=O) groups is 1. The van der Waals surface area contributed by atoms with Crippen molar-refractivity contribution < 1.29 is 9.18 Å². The topological polar surface area (TPSA) is 17.1 Å². The minimum absolute atomic E-state index is 0.0720. The van der Waals surface area contributed by atoms with E-state index in [0.29, 0.717) is 17.9 Å². The maximum Gasteiger partial charge on any atom is 0.141 e. The van der Waals surface area contributed by atoms with Crippen LogP contribution in [0.15, 0.2) is 42.5 Å². The molecule has 0 radical (unpaired) electrons. The molecule has 0 unspecified atom stereocenters. The predicted molar refractivity (Wildman–Crippen MR) is 75.0 cm³/mol. The van der Waals surface area contributed by atoms with Gasteiger partial charge in [0.1, 0.15) is 11.6 Å². The zero-order valence-corrected chi connectivity index (χ0v) is 11.4. The lowest BCUT2D eigenvalue weighted by Crippen LogP contribution is -2.08. The third-order valence-electron chi connectivity index (χ3n) is 3.04. The molecule has 0 aliphatic carbocycles. The van der Waals surface area contributed by atoms with E-state index in [2.05, 4.69) is 0 Å². The number of hydrogen-bond acceptors (Lipinski definition) is 1. The number of carbonyl (C=O) groups excluding carboxylic acids is 1. The van der Waals surface area contributed by atoms with Gasteiger partial charge < -0.3 is 0 Å². The number of hydrogen-bond donors (Lipinski definition) is 0. The number of ketones is 1. The smallest absolute Gasteiger partial charge is 0.141 e. The van der Waals surface area contributed by atoms with Crippen LogP contribution in [0.3, 0.4) is 0 Å². The Kier molecular flexibility index (Phi) is 4.33. The fraction of sp³-hybridized carbons (Fsp3) is 0.188. The molecule has 0 atom stereocenters. The highest BCUT2D eigenvalue weighted by Crippen LogP contribution is 2.17. The van der Waals surface area contributed by atoms with Gasteiger partial charge in [-0.2, -0.15) is 0 Å². The molecule has 19 heavy (non-hydrogen) atoms. The van der Waals surface area contributed by atoms with Crippen LogP contribution in [0.25, 0.3) is 0 Å². The molecule has 0 aliphatic rings. The summed E-state index contributed by atoms with van der Waals surface area (Å²) < 4.78 is 13.0. The second-order valence-electron chi connectivity index (χ2n) is 4.55. The lowest BCUT2D eigenvalue weighted by atomic mass is 9.99. The van der Waals surface area contributed by atoms with Crippen molar-refractivity contribution in [3.8, 4) is 0 Å². The van der Waals surface area contributed by atoms with E-state index in [1.807, 2.05) is 18.2 Å². The Bertz CT molecular complexity index is 607. The lowest BCUT2D eigenvalue weighted by molar-refractivity contribution is -0.117. The molecular weight excluding hydrogens is 263 g/mol. The summed E-state index contributed by atoms with van der Waals surface area (Å²) in [5.41, 5.74) is 2.49. The molecule has 0 aromatic heterocycles. The van der Waals surface area contributed by atoms with E-state index in [0.717, 1.165) is 16.7 Å². The lowest BCUT2D eigenvalue weighted by Gasteiger charge is -2.06. The Hall–Kier alpha value is -1.67. The van der Waals surface area contributed by atoms with Crippen molar-refractivity contribution >= 4 is 17.4 Å². The summed E-state index contributed by atoms with van der Waals surface area (Å²) in [5, 5.41) is 0.603. The van der Waals surface area contributed by atoms with E-state index in [1.54, 1.807) is 19.1 Å². The standard InChI is InChI=1S/C16H14ClFO/c1-11-8-14(18)7-6-12(11)9-15(19)10-13-4-2-3-5-16(13)17/h2-8H,9-10H2,1H3. The van der Waals surface area contributed by atoms with Crippen LogP contribution < -0.4 is 0 Å². The molecule has 0 saturated heterocycles. The summed E-state index contributed by atoms with van der Waals surface area (Å²) in [6, 6.07) is 11.8. The Morgan fingerprint density at radius 2 is 1.79 bits per heavy atom. The van der Waals surface area contributed by atoms with E-state index < -0.39 is 0 Å². The van der Waals surface area contributed by atoms with Crippen molar-refractivity contribution in [2.24, 2.45) is 0 Å². The van der Waals surface area contributed by atoms with Gasteiger partial charge in [-0.25, -0.2) is 4.39 Å². The van der Waals surface area contributed by atoms with Crippen LogP contribution in [0, 0.1) is 12.7 Å². The van der Waals surface area contributed by atoms with Gasteiger partial charge in [0.2, 0.25) is 0 Å². The number of Topliss-reactive ketones (excluding diaryl/α,β-unsaturated/α-hetero) is 1. The fourth-order valence-corrected chi connectivity index (χ4v) is 2.19. The summed E-state index contributed by atoms with van der Waals surface area (Å²) in [4.78, 5) is 12.0. The highest BCUT2D eigenvalue weighted by atomic mass is 35.5. The van der Waals surface area contributed by atoms with Crippen molar-refractivity contribution in [2.75, 3.05) is 0 Å². The van der Waals surface area contributed by atoms with E-state index in [4.69, 9.17) is 11.6 Å². The molecule has 0 fully saturated rings. The number of halogens is 2.